The summed E-state index contributed by atoms with van der Waals surface area (Å²) in [6, 6.07) is 1.54. The molecule has 0 unspecified atom stereocenters. The third kappa shape index (κ3) is 4.23. The van der Waals surface area contributed by atoms with Gasteiger partial charge in [-0.3, -0.25) is 4.57 Å². The average Bonchev–Trinajstić information content (AvgIpc) is 3.04. The van der Waals surface area contributed by atoms with Gasteiger partial charge < -0.3 is 15.2 Å². The number of rotatable bonds is 4. The lowest BCUT2D eigenvalue weighted by Gasteiger charge is -2.37. The van der Waals surface area contributed by atoms with E-state index in [1.54, 1.807) is 6.20 Å². The third-order valence-electron chi connectivity index (χ3n) is 5.25. The number of carbonyl (C=O) groups excluding carboxylic acids is 1. The predicted octanol–water partition coefficient (Wildman–Crippen LogP) is 2.42. The Kier molecular flexibility index (Phi) is 5.92. The first-order chi connectivity index (χ1) is 12.3. The van der Waals surface area contributed by atoms with Crippen LogP contribution in [0, 0.1) is 17.8 Å². The van der Waals surface area contributed by atoms with E-state index in [1.165, 1.54) is 28.8 Å². The number of nitrogen functional groups attached to an aromatic ring is 1. The van der Waals surface area contributed by atoms with E-state index < -0.39 is 17.4 Å². The highest BCUT2D eigenvalue weighted by atomic mass is 32.2. The highest BCUT2D eigenvalue weighted by molar-refractivity contribution is 8.00. The van der Waals surface area contributed by atoms with Crippen molar-refractivity contribution in [2.75, 3.05) is 11.5 Å². The molecule has 1 saturated heterocycles. The Morgan fingerprint density at radius 1 is 1.46 bits per heavy atom. The summed E-state index contributed by atoms with van der Waals surface area (Å²) in [5.74, 6) is 1.73. The summed E-state index contributed by atoms with van der Waals surface area (Å²) in [7, 11) is 0. The van der Waals surface area contributed by atoms with Crippen LogP contribution in [0.1, 0.15) is 46.3 Å². The molecule has 0 bridgehead atoms. The number of carbonyl (C=O) groups is 1. The molecule has 2 fully saturated rings. The quantitative estimate of drug-likeness (QED) is 0.800. The number of thioether (sulfide) groups is 1. The van der Waals surface area contributed by atoms with Gasteiger partial charge in [-0.15, -0.1) is 11.8 Å². The smallest absolute Gasteiger partial charge is 0.351 e. The minimum atomic E-state index is -0.713. The minimum absolute atomic E-state index is 0.0598. The van der Waals surface area contributed by atoms with E-state index in [0.29, 0.717) is 23.5 Å². The van der Waals surface area contributed by atoms with E-state index in [1.807, 2.05) is 0 Å². The molecule has 1 saturated carbocycles. The van der Waals surface area contributed by atoms with Gasteiger partial charge in [0, 0.05) is 11.9 Å². The number of aromatic nitrogens is 2. The molecule has 2 aliphatic rings. The number of hydrogen-bond donors (Lipinski definition) is 1. The van der Waals surface area contributed by atoms with Gasteiger partial charge in [0.2, 0.25) is 5.44 Å². The lowest BCUT2D eigenvalue weighted by molar-refractivity contribution is -0.166. The second kappa shape index (κ2) is 8.00. The average molecular weight is 381 g/mol. The number of nitrogens with two attached hydrogens (primary N) is 1. The fraction of sp³-hybridized carbons (Fsp3) is 0.722. The van der Waals surface area contributed by atoms with Crippen LogP contribution in [0.15, 0.2) is 17.1 Å². The molecule has 0 aromatic carbocycles. The summed E-state index contributed by atoms with van der Waals surface area (Å²) in [4.78, 5) is 28.3. The standard InChI is InChI=1S/C18H27N3O4S/c1-10(2)12-5-4-11(3)8-13(12)24-16(22)17-25-15(9-26-17)21-7-6-14(19)20-18(21)23/h6-7,10-13,15,17H,4-5,8-9H2,1-3H3,(H2,19,20,23)/t11-,12-,13+,15+,17-/m1/s1. The van der Waals surface area contributed by atoms with Crippen LogP contribution in [0.2, 0.25) is 0 Å². The zero-order chi connectivity index (χ0) is 18.8. The molecular formula is C18H27N3O4S. The molecule has 2 heterocycles. The Bertz CT molecular complexity index is 708. The molecule has 144 valence electrons. The van der Waals surface area contributed by atoms with Crippen LogP contribution in [-0.4, -0.2) is 32.8 Å². The van der Waals surface area contributed by atoms with Gasteiger partial charge in [-0.05, 0) is 36.7 Å². The Morgan fingerprint density at radius 2 is 2.23 bits per heavy atom. The molecule has 0 radical (unpaired) electrons. The van der Waals surface area contributed by atoms with Crippen LogP contribution in [0.5, 0.6) is 0 Å². The maximum Gasteiger partial charge on any atom is 0.351 e. The molecule has 3 rings (SSSR count). The first kappa shape index (κ1) is 19.2. The topological polar surface area (TPSA) is 96.4 Å². The summed E-state index contributed by atoms with van der Waals surface area (Å²) in [6.07, 6.45) is 4.11. The van der Waals surface area contributed by atoms with Crippen molar-refractivity contribution in [2.24, 2.45) is 17.8 Å². The molecule has 1 aliphatic heterocycles. The molecule has 0 spiro atoms. The van der Waals surface area contributed by atoms with E-state index in [-0.39, 0.29) is 17.9 Å². The molecule has 1 aromatic heterocycles. The van der Waals surface area contributed by atoms with Crippen LogP contribution < -0.4 is 11.4 Å². The largest absolute Gasteiger partial charge is 0.459 e. The molecule has 26 heavy (non-hydrogen) atoms. The highest BCUT2D eigenvalue weighted by Gasteiger charge is 2.38. The Morgan fingerprint density at radius 3 is 2.92 bits per heavy atom. The van der Waals surface area contributed by atoms with Crippen molar-refractivity contribution in [1.82, 2.24) is 9.55 Å². The van der Waals surface area contributed by atoms with E-state index in [4.69, 9.17) is 15.2 Å². The van der Waals surface area contributed by atoms with Crippen LogP contribution >= 0.6 is 11.8 Å². The van der Waals surface area contributed by atoms with Gasteiger partial charge in [-0.25, -0.2) is 9.59 Å². The van der Waals surface area contributed by atoms with Gasteiger partial charge in [-0.1, -0.05) is 27.2 Å². The molecule has 1 aromatic rings. The fourth-order valence-electron chi connectivity index (χ4n) is 3.76. The van der Waals surface area contributed by atoms with Gasteiger partial charge in [0.15, 0.2) is 0 Å². The van der Waals surface area contributed by atoms with Crippen LogP contribution in [0.4, 0.5) is 5.82 Å². The van der Waals surface area contributed by atoms with Crippen molar-refractivity contribution >= 4 is 23.5 Å². The van der Waals surface area contributed by atoms with Crippen molar-refractivity contribution in [3.8, 4) is 0 Å². The number of hydrogen-bond acceptors (Lipinski definition) is 7. The van der Waals surface area contributed by atoms with Gasteiger partial charge in [0.1, 0.15) is 18.1 Å². The molecule has 0 amide bonds. The molecular weight excluding hydrogens is 354 g/mol. The molecule has 7 nitrogen and oxygen atoms in total. The Hall–Kier alpha value is -1.54. The lowest BCUT2D eigenvalue weighted by Crippen LogP contribution is -2.38. The summed E-state index contributed by atoms with van der Waals surface area (Å²) < 4.78 is 13.0. The fourth-order valence-corrected chi connectivity index (χ4v) is 4.74. The maximum atomic E-state index is 12.6. The van der Waals surface area contributed by atoms with Gasteiger partial charge >= 0.3 is 11.7 Å². The van der Waals surface area contributed by atoms with Crippen LogP contribution in [-0.2, 0) is 14.3 Å². The van der Waals surface area contributed by atoms with Gasteiger partial charge in [0.25, 0.3) is 0 Å². The van der Waals surface area contributed by atoms with Crippen molar-refractivity contribution in [3.05, 3.63) is 22.7 Å². The Balaban J connectivity index is 1.63. The number of nitrogens with zero attached hydrogens (tertiary/aromatic N) is 2. The molecule has 1 aliphatic carbocycles. The minimum Gasteiger partial charge on any atom is -0.459 e. The second-order valence-corrected chi connectivity index (χ2v) is 8.69. The number of anilines is 1. The van der Waals surface area contributed by atoms with E-state index in [2.05, 4.69) is 25.8 Å². The SMILES string of the molecule is CC(C)[C@H]1CC[C@@H](C)C[C@@H]1OC(=O)[C@@H]1O[C@H](n2ccc(N)nc2=O)CS1. The van der Waals surface area contributed by atoms with Crippen molar-refractivity contribution in [3.63, 3.8) is 0 Å². The maximum absolute atomic E-state index is 12.6. The van der Waals surface area contributed by atoms with E-state index in [9.17, 15) is 9.59 Å². The summed E-state index contributed by atoms with van der Waals surface area (Å²) in [5, 5.41) is 0. The zero-order valence-electron chi connectivity index (χ0n) is 15.5. The van der Waals surface area contributed by atoms with Crippen molar-refractivity contribution in [1.29, 1.82) is 0 Å². The van der Waals surface area contributed by atoms with Gasteiger partial charge in [-0.2, -0.15) is 4.98 Å². The van der Waals surface area contributed by atoms with Crippen molar-refractivity contribution < 1.29 is 14.3 Å². The van der Waals surface area contributed by atoms with Crippen molar-refractivity contribution in [2.45, 2.75) is 57.8 Å². The highest BCUT2D eigenvalue weighted by Crippen LogP contribution is 2.37. The summed E-state index contributed by atoms with van der Waals surface area (Å²) in [6.45, 7) is 6.56. The summed E-state index contributed by atoms with van der Waals surface area (Å²) >= 11 is 1.35. The zero-order valence-corrected chi connectivity index (χ0v) is 16.3. The van der Waals surface area contributed by atoms with E-state index in [0.717, 1.165) is 12.8 Å². The second-order valence-electron chi connectivity index (χ2n) is 7.60. The van der Waals surface area contributed by atoms with E-state index >= 15 is 0 Å². The third-order valence-corrected chi connectivity index (χ3v) is 6.34. The molecule has 5 atom stereocenters. The predicted molar refractivity (Wildman–Crippen MR) is 101 cm³/mol. The molecule has 8 heteroatoms. The van der Waals surface area contributed by atoms with Crippen LogP contribution in [0.3, 0.4) is 0 Å². The summed E-state index contributed by atoms with van der Waals surface area (Å²) in [5.41, 5.74) is 4.32. The normalized spacial score (nSPS) is 31.9. The number of esters is 1. The monoisotopic (exact) mass is 381 g/mol. The number of ether oxygens (including phenoxy) is 2. The first-order valence-corrected chi connectivity index (χ1v) is 10.2. The Labute approximate surface area is 157 Å². The molecule has 2 N–H and O–H groups in total. The lowest BCUT2D eigenvalue weighted by atomic mass is 9.75. The van der Waals surface area contributed by atoms with Crippen LogP contribution in [0.25, 0.3) is 0 Å². The van der Waals surface area contributed by atoms with Gasteiger partial charge in [0.05, 0.1) is 0 Å². The first-order valence-electron chi connectivity index (χ1n) is 9.17.